The summed E-state index contributed by atoms with van der Waals surface area (Å²) < 4.78 is 1.57. The normalized spacial score (nSPS) is 14.6. The molecule has 176 valence electrons. The number of rotatable bonds is 5. The Bertz CT molecular complexity index is 1550. The molecule has 36 heavy (non-hydrogen) atoms. The highest BCUT2D eigenvalue weighted by molar-refractivity contribution is 7.10. The molecular weight excluding hydrogens is 472 g/mol. The molecule has 0 bridgehead atoms. The number of nitrogens with one attached hydrogen (secondary N) is 1. The predicted molar refractivity (Wildman–Crippen MR) is 136 cm³/mol. The average molecular weight is 493 g/mol. The number of hydrogen-bond donors (Lipinski definition) is 1. The summed E-state index contributed by atoms with van der Waals surface area (Å²) in [5.41, 5.74) is 4.04. The predicted octanol–water partition coefficient (Wildman–Crippen LogP) is 4.58. The lowest BCUT2D eigenvalue weighted by molar-refractivity contribution is 0.0933. The monoisotopic (exact) mass is 492 g/mol. The first-order valence-corrected chi connectivity index (χ1v) is 12.1. The van der Waals surface area contributed by atoms with Crippen molar-refractivity contribution in [2.75, 3.05) is 10.2 Å². The second-order valence-corrected chi connectivity index (χ2v) is 9.41. The zero-order valence-corrected chi connectivity index (χ0v) is 20.1. The van der Waals surface area contributed by atoms with Crippen LogP contribution in [0.1, 0.15) is 49.3 Å². The van der Waals surface area contributed by atoms with Crippen molar-refractivity contribution in [3.05, 3.63) is 99.0 Å². The van der Waals surface area contributed by atoms with Gasteiger partial charge in [-0.2, -0.15) is 15.6 Å². The van der Waals surface area contributed by atoms with Gasteiger partial charge in [-0.05, 0) is 66.2 Å². The quantitative estimate of drug-likeness (QED) is 0.438. The zero-order chi connectivity index (χ0) is 25.2. The van der Waals surface area contributed by atoms with E-state index in [1.54, 1.807) is 33.8 Å². The van der Waals surface area contributed by atoms with Gasteiger partial charge in [-0.15, -0.1) is 11.3 Å². The first-order chi connectivity index (χ1) is 17.5. The molecule has 2 aromatic carbocycles. The van der Waals surface area contributed by atoms with Gasteiger partial charge in [0.1, 0.15) is 16.6 Å². The van der Waals surface area contributed by atoms with Crippen LogP contribution in [-0.4, -0.2) is 27.6 Å². The van der Waals surface area contributed by atoms with Gasteiger partial charge in [0.2, 0.25) is 0 Å². The molecule has 0 saturated heterocycles. The average Bonchev–Trinajstić information content (AvgIpc) is 3.52. The molecule has 9 heteroatoms. The van der Waals surface area contributed by atoms with Crippen LogP contribution in [0.2, 0.25) is 0 Å². The highest BCUT2D eigenvalue weighted by atomic mass is 32.1. The third-order valence-electron chi connectivity index (χ3n) is 6.09. The fraction of sp³-hybridized carbons (Fsp3) is 0.148. The maximum atomic E-state index is 13.6. The number of carbonyl (C=O) groups excluding carboxylic acids is 2. The number of carbonyl (C=O) groups is 2. The van der Waals surface area contributed by atoms with Gasteiger partial charge in [0.15, 0.2) is 0 Å². The fourth-order valence-corrected chi connectivity index (χ4v) is 5.08. The van der Waals surface area contributed by atoms with Gasteiger partial charge in [-0.1, -0.05) is 18.2 Å². The van der Waals surface area contributed by atoms with Crippen LogP contribution in [0.4, 0.5) is 11.4 Å². The van der Waals surface area contributed by atoms with Crippen LogP contribution in [0.3, 0.4) is 0 Å². The van der Waals surface area contributed by atoms with Gasteiger partial charge in [0, 0.05) is 11.4 Å². The van der Waals surface area contributed by atoms with Gasteiger partial charge in [-0.25, -0.2) is 0 Å². The van der Waals surface area contributed by atoms with E-state index in [4.69, 9.17) is 5.26 Å². The largest absolute Gasteiger partial charge is 0.322 e. The van der Waals surface area contributed by atoms with Crippen molar-refractivity contribution in [1.82, 2.24) is 9.78 Å². The summed E-state index contributed by atoms with van der Waals surface area (Å²) in [6.07, 6.45) is 2.05. The van der Waals surface area contributed by atoms with Gasteiger partial charge in [0.25, 0.3) is 11.8 Å². The first kappa shape index (κ1) is 23.0. The van der Waals surface area contributed by atoms with Crippen molar-refractivity contribution in [3.8, 4) is 12.1 Å². The maximum Gasteiger partial charge on any atom is 0.277 e. The van der Waals surface area contributed by atoms with Crippen molar-refractivity contribution in [2.24, 2.45) is 0 Å². The number of fused-ring (bicyclic) bond motifs is 1. The van der Waals surface area contributed by atoms with E-state index in [0.29, 0.717) is 29.1 Å². The molecule has 1 N–H and O–H groups in total. The number of hydrogen-bond acceptors (Lipinski definition) is 6. The molecule has 2 aromatic heterocycles. The SMILES string of the molecule is CC1Cn2ncc(C(=O)Nc3cccc(C#N)c3)c2C(=O)N1c1ccc(Cc2ccsc2C#N)cc1. The van der Waals surface area contributed by atoms with E-state index in [2.05, 4.69) is 16.5 Å². The van der Waals surface area contributed by atoms with Gasteiger partial charge >= 0.3 is 0 Å². The van der Waals surface area contributed by atoms with Crippen molar-refractivity contribution in [1.29, 1.82) is 10.5 Å². The number of benzene rings is 2. The minimum Gasteiger partial charge on any atom is -0.322 e. The summed E-state index contributed by atoms with van der Waals surface area (Å²) in [4.78, 5) is 29.0. The Morgan fingerprint density at radius 2 is 1.97 bits per heavy atom. The van der Waals surface area contributed by atoms with E-state index in [-0.39, 0.29) is 23.2 Å². The van der Waals surface area contributed by atoms with E-state index in [0.717, 1.165) is 16.8 Å². The molecule has 5 rings (SSSR count). The number of amides is 2. The van der Waals surface area contributed by atoms with E-state index in [9.17, 15) is 14.9 Å². The molecule has 1 atom stereocenters. The van der Waals surface area contributed by atoms with Crippen LogP contribution in [0.5, 0.6) is 0 Å². The van der Waals surface area contributed by atoms with Crippen molar-refractivity contribution in [3.63, 3.8) is 0 Å². The molecule has 0 spiro atoms. The molecule has 8 nitrogen and oxygen atoms in total. The Hall–Kier alpha value is -4.73. The number of aromatic nitrogens is 2. The minimum atomic E-state index is -0.464. The van der Waals surface area contributed by atoms with Gasteiger partial charge in [-0.3, -0.25) is 14.3 Å². The molecule has 3 heterocycles. The summed E-state index contributed by atoms with van der Waals surface area (Å²) in [5.74, 6) is -0.770. The van der Waals surface area contributed by atoms with Crippen molar-refractivity contribution >= 4 is 34.5 Å². The van der Waals surface area contributed by atoms with Crippen LogP contribution in [0.25, 0.3) is 0 Å². The maximum absolute atomic E-state index is 13.6. The van der Waals surface area contributed by atoms with Crippen LogP contribution in [0.15, 0.2) is 66.2 Å². The third kappa shape index (κ3) is 4.24. The van der Waals surface area contributed by atoms with E-state index in [1.807, 2.05) is 48.7 Å². The third-order valence-corrected chi connectivity index (χ3v) is 6.95. The zero-order valence-electron chi connectivity index (χ0n) is 19.3. The molecule has 4 aromatic rings. The Balaban J connectivity index is 1.39. The molecule has 0 fully saturated rings. The highest BCUT2D eigenvalue weighted by Crippen LogP contribution is 2.28. The topological polar surface area (TPSA) is 115 Å². The lowest BCUT2D eigenvalue weighted by Gasteiger charge is -2.34. The van der Waals surface area contributed by atoms with E-state index in [1.165, 1.54) is 17.5 Å². The lowest BCUT2D eigenvalue weighted by atomic mass is 10.0. The van der Waals surface area contributed by atoms with E-state index < -0.39 is 5.91 Å². The molecular formula is C27H20N6O2S. The minimum absolute atomic E-state index is 0.166. The fourth-order valence-electron chi connectivity index (χ4n) is 4.37. The van der Waals surface area contributed by atoms with Crippen LogP contribution < -0.4 is 10.2 Å². The Labute approximate surface area is 211 Å². The number of nitrogens with zero attached hydrogens (tertiary/aromatic N) is 5. The standard InChI is InChI=1S/C27H20N6O2S/c1-17-16-32-25(23(15-30-32)26(34)31-21-4-2-3-19(12-21)13-28)27(35)33(17)22-7-5-18(6-8-22)11-20-9-10-36-24(20)14-29/h2-10,12,15,17H,11,16H2,1H3,(H,31,34). The van der Waals surface area contributed by atoms with Crippen LogP contribution in [-0.2, 0) is 13.0 Å². The second kappa shape index (κ2) is 9.49. The molecule has 1 aliphatic heterocycles. The highest BCUT2D eigenvalue weighted by Gasteiger charge is 2.35. The molecule has 1 unspecified atom stereocenters. The molecule has 0 saturated carbocycles. The van der Waals surface area contributed by atoms with Crippen molar-refractivity contribution in [2.45, 2.75) is 25.9 Å². The molecule has 0 aliphatic carbocycles. The van der Waals surface area contributed by atoms with Gasteiger partial charge < -0.3 is 10.2 Å². The smallest absolute Gasteiger partial charge is 0.277 e. The summed E-state index contributed by atoms with van der Waals surface area (Å²) in [5, 5.41) is 27.3. The van der Waals surface area contributed by atoms with E-state index >= 15 is 0 Å². The van der Waals surface area contributed by atoms with Crippen LogP contribution >= 0.6 is 11.3 Å². The number of nitriles is 2. The van der Waals surface area contributed by atoms with Crippen molar-refractivity contribution < 1.29 is 9.59 Å². The molecule has 2 amide bonds. The first-order valence-electron chi connectivity index (χ1n) is 11.2. The van der Waals surface area contributed by atoms with Crippen LogP contribution in [0, 0.1) is 22.7 Å². The summed E-state index contributed by atoms with van der Waals surface area (Å²) in [7, 11) is 0. The summed E-state index contributed by atoms with van der Waals surface area (Å²) in [6, 6.07) is 20.3. The summed E-state index contributed by atoms with van der Waals surface area (Å²) >= 11 is 1.43. The lowest BCUT2D eigenvalue weighted by Crippen LogP contribution is -2.47. The Morgan fingerprint density at radius 3 is 2.72 bits per heavy atom. The molecule has 1 aliphatic rings. The number of thiophene rings is 1. The Kier molecular flexibility index (Phi) is 6.07. The Morgan fingerprint density at radius 1 is 1.17 bits per heavy atom. The number of anilines is 2. The second-order valence-electron chi connectivity index (χ2n) is 8.49. The molecule has 0 radical (unpaired) electrons. The summed E-state index contributed by atoms with van der Waals surface area (Å²) in [6.45, 7) is 2.38. The van der Waals surface area contributed by atoms with Gasteiger partial charge in [0.05, 0.1) is 36.0 Å².